The summed E-state index contributed by atoms with van der Waals surface area (Å²) in [6.45, 7) is 8.04. The molecule has 6 heteroatoms. The second-order valence-electron chi connectivity index (χ2n) is 6.33. The van der Waals surface area contributed by atoms with Crippen molar-refractivity contribution in [2.75, 3.05) is 39.4 Å². The van der Waals surface area contributed by atoms with Crippen molar-refractivity contribution in [3.8, 4) is 0 Å². The molecule has 0 bridgehead atoms. The van der Waals surface area contributed by atoms with E-state index < -0.39 is 0 Å². The van der Waals surface area contributed by atoms with Crippen molar-refractivity contribution in [1.29, 1.82) is 0 Å². The van der Waals surface area contributed by atoms with Crippen LogP contribution in [0.5, 0.6) is 0 Å². The first kappa shape index (κ1) is 18.0. The molecule has 2 heterocycles. The summed E-state index contributed by atoms with van der Waals surface area (Å²) in [6, 6.07) is 0.512. The fourth-order valence-corrected chi connectivity index (χ4v) is 3.60. The summed E-state index contributed by atoms with van der Waals surface area (Å²) >= 11 is 0. The standard InChI is InChI=1S/C17H30N2O4/c1-3-22-16(20)14-7-11-18(12-8-14)15-6-5-10-19(13-9-15)17(21)23-4-2/h14-15H,3-13H2,1-2H3/t15-/m1/s1. The molecule has 2 aliphatic heterocycles. The molecule has 0 N–H and O–H groups in total. The number of piperidine rings is 1. The first-order valence-corrected chi connectivity index (χ1v) is 8.98. The summed E-state index contributed by atoms with van der Waals surface area (Å²) in [7, 11) is 0. The summed E-state index contributed by atoms with van der Waals surface area (Å²) in [5.41, 5.74) is 0. The van der Waals surface area contributed by atoms with E-state index in [0.29, 0.717) is 19.3 Å². The lowest BCUT2D eigenvalue weighted by Gasteiger charge is -2.36. The Morgan fingerprint density at radius 2 is 1.61 bits per heavy atom. The van der Waals surface area contributed by atoms with Crippen LogP contribution in [0.3, 0.4) is 0 Å². The van der Waals surface area contributed by atoms with Crippen LogP contribution in [0.25, 0.3) is 0 Å². The third kappa shape index (κ3) is 5.09. The maximum Gasteiger partial charge on any atom is 0.409 e. The Morgan fingerprint density at radius 3 is 2.26 bits per heavy atom. The highest BCUT2D eigenvalue weighted by Crippen LogP contribution is 2.25. The number of carbonyl (C=O) groups excluding carboxylic acids is 2. The van der Waals surface area contributed by atoms with Gasteiger partial charge in [-0.05, 0) is 59.0 Å². The third-order valence-electron chi connectivity index (χ3n) is 4.89. The Hall–Kier alpha value is -1.30. The number of ether oxygens (including phenoxy) is 2. The molecule has 2 saturated heterocycles. The zero-order valence-electron chi connectivity index (χ0n) is 14.5. The van der Waals surface area contributed by atoms with Crippen LogP contribution in [0.2, 0.25) is 0 Å². The van der Waals surface area contributed by atoms with E-state index in [1.165, 1.54) is 0 Å². The molecule has 2 fully saturated rings. The Morgan fingerprint density at radius 1 is 0.913 bits per heavy atom. The molecule has 0 aromatic heterocycles. The number of rotatable bonds is 4. The Balaban J connectivity index is 1.78. The van der Waals surface area contributed by atoms with Crippen molar-refractivity contribution in [2.45, 2.75) is 52.0 Å². The van der Waals surface area contributed by atoms with Gasteiger partial charge in [0, 0.05) is 19.1 Å². The fourth-order valence-electron chi connectivity index (χ4n) is 3.60. The Kier molecular flexibility index (Phi) is 7.15. The highest BCUT2D eigenvalue weighted by molar-refractivity contribution is 5.72. The van der Waals surface area contributed by atoms with Crippen molar-refractivity contribution in [3.63, 3.8) is 0 Å². The third-order valence-corrected chi connectivity index (χ3v) is 4.89. The van der Waals surface area contributed by atoms with Crippen LogP contribution < -0.4 is 0 Å². The summed E-state index contributed by atoms with van der Waals surface area (Å²) in [4.78, 5) is 28.0. The second kappa shape index (κ2) is 9.11. The van der Waals surface area contributed by atoms with E-state index in [4.69, 9.17) is 9.47 Å². The summed E-state index contributed by atoms with van der Waals surface area (Å²) in [6.07, 6.45) is 4.70. The summed E-state index contributed by atoms with van der Waals surface area (Å²) in [5, 5.41) is 0. The second-order valence-corrected chi connectivity index (χ2v) is 6.33. The molecule has 132 valence electrons. The highest BCUT2D eigenvalue weighted by atomic mass is 16.6. The smallest absolute Gasteiger partial charge is 0.409 e. The molecule has 1 amide bonds. The molecule has 0 unspecified atom stereocenters. The van der Waals surface area contributed by atoms with E-state index in [0.717, 1.165) is 58.3 Å². The summed E-state index contributed by atoms with van der Waals surface area (Å²) < 4.78 is 10.2. The zero-order valence-corrected chi connectivity index (χ0v) is 14.5. The molecule has 1 atom stereocenters. The van der Waals surface area contributed by atoms with E-state index >= 15 is 0 Å². The maximum absolute atomic E-state index is 11.9. The normalized spacial score (nSPS) is 24.1. The van der Waals surface area contributed by atoms with Gasteiger partial charge < -0.3 is 19.3 Å². The van der Waals surface area contributed by atoms with Crippen LogP contribution in [0.4, 0.5) is 4.79 Å². The molecule has 0 aromatic carbocycles. The maximum atomic E-state index is 11.9. The molecular formula is C17H30N2O4. The van der Waals surface area contributed by atoms with Gasteiger partial charge in [-0.3, -0.25) is 4.79 Å². The van der Waals surface area contributed by atoms with Gasteiger partial charge in [0.2, 0.25) is 0 Å². The molecule has 0 radical (unpaired) electrons. The first-order valence-electron chi connectivity index (χ1n) is 8.98. The van der Waals surface area contributed by atoms with Gasteiger partial charge >= 0.3 is 12.1 Å². The minimum absolute atomic E-state index is 0.0403. The molecule has 23 heavy (non-hydrogen) atoms. The minimum Gasteiger partial charge on any atom is -0.466 e. The van der Waals surface area contributed by atoms with Crippen LogP contribution in [-0.2, 0) is 14.3 Å². The van der Waals surface area contributed by atoms with Gasteiger partial charge in [0.25, 0.3) is 0 Å². The lowest BCUT2D eigenvalue weighted by molar-refractivity contribution is -0.149. The molecular weight excluding hydrogens is 296 g/mol. The predicted octanol–water partition coefficient (Wildman–Crippen LogP) is 2.27. The monoisotopic (exact) mass is 326 g/mol. The van der Waals surface area contributed by atoms with Gasteiger partial charge in [-0.25, -0.2) is 4.79 Å². The fraction of sp³-hybridized carbons (Fsp3) is 0.882. The Bertz CT molecular complexity index is 394. The number of nitrogens with zero attached hydrogens (tertiary/aromatic N) is 2. The van der Waals surface area contributed by atoms with Crippen molar-refractivity contribution in [2.24, 2.45) is 5.92 Å². The molecule has 0 aromatic rings. The molecule has 2 aliphatic rings. The number of amides is 1. The largest absolute Gasteiger partial charge is 0.466 e. The van der Waals surface area contributed by atoms with Crippen LogP contribution in [0, 0.1) is 5.92 Å². The SMILES string of the molecule is CCOC(=O)C1CCN([C@@H]2CCCN(C(=O)OCC)CC2)CC1. The Labute approximate surface area is 139 Å². The zero-order chi connectivity index (χ0) is 16.7. The van der Waals surface area contributed by atoms with Crippen LogP contribution in [0.1, 0.15) is 46.0 Å². The van der Waals surface area contributed by atoms with Gasteiger partial charge in [0.05, 0.1) is 19.1 Å². The summed E-state index contributed by atoms with van der Waals surface area (Å²) in [5.74, 6) is 0.0227. The van der Waals surface area contributed by atoms with Crippen molar-refractivity contribution < 1.29 is 19.1 Å². The van der Waals surface area contributed by atoms with Gasteiger partial charge in [-0.2, -0.15) is 0 Å². The van der Waals surface area contributed by atoms with Crippen LogP contribution in [0.15, 0.2) is 0 Å². The molecule has 0 spiro atoms. The average Bonchev–Trinajstić information content (AvgIpc) is 2.81. The van der Waals surface area contributed by atoms with Crippen LogP contribution in [-0.4, -0.2) is 67.3 Å². The van der Waals surface area contributed by atoms with E-state index in [1.807, 2.05) is 18.7 Å². The molecule has 0 saturated carbocycles. The number of hydrogen-bond donors (Lipinski definition) is 0. The average molecular weight is 326 g/mol. The van der Waals surface area contributed by atoms with Crippen molar-refractivity contribution in [1.82, 2.24) is 9.80 Å². The van der Waals surface area contributed by atoms with Gasteiger partial charge in [-0.1, -0.05) is 0 Å². The van der Waals surface area contributed by atoms with Gasteiger partial charge in [0.15, 0.2) is 0 Å². The van der Waals surface area contributed by atoms with Gasteiger partial charge in [0.1, 0.15) is 0 Å². The topological polar surface area (TPSA) is 59.1 Å². The van der Waals surface area contributed by atoms with Crippen molar-refractivity contribution >= 4 is 12.1 Å². The van der Waals surface area contributed by atoms with Crippen LogP contribution >= 0.6 is 0 Å². The number of likely N-dealkylation sites (tertiary alicyclic amines) is 2. The molecule has 2 rings (SSSR count). The van der Waals surface area contributed by atoms with Gasteiger partial charge in [-0.15, -0.1) is 0 Å². The molecule has 6 nitrogen and oxygen atoms in total. The number of esters is 1. The number of carbonyl (C=O) groups is 2. The van der Waals surface area contributed by atoms with E-state index in [-0.39, 0.29) is 18.0 Å². The lowest BCUT2D eigenvalue weighted by Crippen LogP contribution is -2.43. The first-order chi connectivity index (χ1) is 11.2. The van der Waals surface area contributed by atoms with E-state index in [2.05, 4.69) is 4.90 Å². The van der Waals surface area contributed by atoms with Crippen molar-refractivity contribution in [3.05, 3.63) is 0 Å². The van der Waals surface area contributed by atoms with E-state index in [1.54, 1.807) is 0 Å². The van der Waals surface area contributed by atoms with E-state index in [9.17, 15) is 9.59 Å². The predicted molar refractivity (Wildman–Crippen MR) is 87.2 cm³/mol. The quantitative estimate of drug-likeness (QED) is 0.742. The minimum atomic E-state index is -0.186. The number of hydrogen-bond acceptors (Lipinski definition) is 5. The highest BCUT2D eigenvalue weighted by Gasteiger charge is 2.31. The molecule has 0 aliphatic carbocycles. The lowest BCUT2D eigenvalue weighted by atomic mass is 9.94.